The summed E-state index contributed by atoms with van der Waals surface area (Å²) in [5, 5.41) is 0. The van der Waals surface area contributed by atoms with Gasteiger partial charge in [0.1, 0.15) is 5.54 Å². The number of carbonyl (C=O) groups excluding carboxylic acids is 1. The Bertz CT molecular complexity index is 211. The van der Waals surface area contributed by atoms with Crippen molar-refractivity contribution in [3.63, 3.8) is 0 Å². The Hall–Kier alpha value is -0.830. The molecule has 2 N–H and O–H groups in total. The molecule has 82 valence electrons. The minimum Gasteiger partial charge on any atom is -0.461 e. The van der Waals surface area contributed by atoms with Crippen LogP contribution in [-0.2, 0) is 9.53 Å². The zero-order chi connectivity index (χ0) is 11.2. The number of hydrogen-bond donors (Lipinski definition) is 1. The van der Waals surface area contributed by atoms with E-state index in [1.807, 2.05) is 33.8 Å². The Morgan fingerprint density at radius 2 is 2.07 bits per heavy atom. The summed E-state index contributed by atoms with van der Waals surface area (Å²) in [5.74, 6) is -0.347. The fourth-order valence-corrected chi connectivity index (χ4v) is 0.982. The highest BCUT2D eigenvalue weighted by molar-refractivity contribution is 5.83. The molecular formula is C11H21NO2. The van der Waals surface area contributed by atoms with Crippen molar-refractivity contribution in [2.45, 2.75) is 52.2 Å². The molecule has 0 aliphatic carbocycles. The van der Waals surface area contributed by atoms with Gasteiger partial charge in [0.2, 0.25) is 0 Å². The van der Waals surface area contributed by atoms with Crippen molar-refractivity contribution in [1.29, 1.82) is 0 Å². The van der Waals surface area contributed by atoms with Crippen molar-refractivity contribution in [3.05, 3.63) is 12.2 Å². The standard InChI is InChI=1S/C11H21NO2/c1-5-7-8-11(12,6-2)10(13)14-9(3)4/h7-9H,5-6,12H2,1-4H3/t11-/m1/s1. The molecule has 0 aromatic heterocycles. The summed E-state index contributed by atoms with van der Waals surface area (Å²) in [6, 6.07) is 0. The molecule has 14 heavy (non-hydrogen) atoms. The van der Waals surface area contributed by atoms with Crippen LogP contribution in [0.2, 0.25) is 0 Å². The second-order valence-corrected chi connectivity index (χ2v) is 3.66. The van der Waals surface area contributed by atoms with Gasteiger partial charge in [0, 0.05) is 0 Å². The molecule has 1 atom stereocenters. The van der Waals surface area contributed by atoms with Crippen LogP contribution < -0.4 is 5.73 Å². The summed E-state index contributed by atoms with van der Waals surface area (Å²) >= 11 is 0. The van der Waals surface area contributed by atoms with Crippen LogP contribution in [0.25, 0.3) is 0 Å². The topological polar surface area (TPSA) is 52.3 Å². The number of carbonyl (C=O) groups is 1. The molecule has 0 rings (SSSR count). The van der Waals surface area contributed by atoms with Crippen LogP contribution in [0.5, 0.6) is 0 Å². The number of ether oxygens (including phenoxy) is 1. The summed E-state index contributed by atoms with van der Waals surface area (Å²) in [4.78, 5) is 11.6. The molecular weight excluding hydrogens is 178 g/mol. The summed E-state index contributed by atoms with van der Waals surface area (Å²) in [7, 11) is 0. The maximum Gasteiger partial charge on any atom is 0.330 e. The van der Waals surface area contributed by atoms with Gasteiger partial charge in [0.25, 0.3) is 0 Å². The van der Waals surface area contributed by atoms with Crippen LogP contribution in [0.1, 0.15) is 40.5 Å². The number of nitrogens with two attached hydrogens (primary N) is 1. The predicted octanol–water partition coefficient (Wildman–Crippen LogP) is 2.01. The fourth-order valence-electron chi connectivity index (χ4n) is 0.982. The van der Waals surface area contributed by atoms with Crippen molar-refractivity contribution < 1.29 is 9.53 Å². The van der Waals surface area contributed by atoms with E-state index in [9.17, 15) is 4.79 Å². The molecule has 0 spiro atoms. The van der Waals surface area contributed by atoms with Crippen LogP contribution in [-0.4, -0.2) is 17.6 Å². The van der Waals surface area contributed by atoms with Crippen LogP contribution in [0.3, 0.4) is 0 Å². The molecule has 0 bridgehead atoms. The smallest absolute Gasteiger partial charge is 0.330 e. The molecule has 0 fully saturated rings. The van der Waals surface area contributed by atoms with E-state index in [1.54, 1.807) is 6.08 Å². The van der Waals surface area contributed by atoms with E-state index in [2.05, 4.69) is 0 Å². The Morgan fingerprint density at radius 1 is 1.50 bits per heavy atom. The van der Waals surface area contributed by atoms with Gasteiger partial charge in [-0.2, -0.15) is 0 Å². The minimum atomic E-state index is -0.958. The Balaban J connectivity index is 4.50. The number of hydrogen-bond acceptors (Lipinski definition) is 3. The first-order valence-electron chi connectivity index (χ1n) is 5.14. The minimum absolute atomic E-state index is 0.119. The molecule has 0 heterocycles. The van der Waals surface area contributed by atoms with Crippen molar-refractivity contribution >= 4 is 5.97 Å². The van der Waals surface area contributed by atoms with Crippen molar-refractivity contribution in [2.24, 2.45) is 5.73 Å². The highest BCUT2D eigenvalue weighted by Crippen LogP contribution is 2.12. The van der Waals surface area contributed by atoms with Gasteiger partial charge in [0.05, 0.1) is 6.10 Å². The molecule has 0 aliphatic heterocycles. The lowest BCUT2D eigenvalue weighted by Gasteiger charge is -2.23. The van der Waals surface area contributed by atoms with Crippen molar-refractivity contribution in [3.8, 4) is 0 Å². The molecule has 3 nitrogen and oxygen atoms in total. The molecule has 0 radical (unpaired) electrons. The van der Waals surface area contributed by atoms with Crippen molar-refractivity contribution in [1.82, 2.24) is 0 Å². The zero-order valence-corrected chi connectivity index (χ0v) is 9.54. The first-order valence-corrected chi connectivity index (χ1v) is 5.14. The average molecular weight is 199 g/mol. The highest BCUT2D eigenvalue weighted by Gasteiger charge is 2.31. The summed E-state index contributed by atoms with van der Waals surface area (Å²) < 4.78 is 5.09. The molecule has 0 aromatic carbocycles. The Labute approximate surface area is 86.3 Å². The molecule has 0 amide bonds. The van der Waals surface area contributed by atoms with Gasteiger partial charge in [-0.3, -0.25) is 0 Å². The van der Waals surface area contributed by atoms with Gasteiger partial charge in [-0.25, -0.2) is 4.79 Å². The highest BCUT2D eigenvalue weighted by atomic mass is 16.5. The predicted molar refractivity (Wildman–Crippen MR) is 57.9 cm³/mol. The van der Waals surface area contributed by atoms with Gasteiger partial charge in [-0.15, -0.1) is 0 Å². The van der Waals surface area contributed by atoms with Crippen LogP contribution >= 0.6 is 0 Å². The number of esters is 1. The normalized spacial score (nSPS) is 15.9. The Morgan fingerprint density at radius 3 is 2.43 bits per heavy atom. The summed E-state index contributed by atoms with van der Waals surface area (Å²) in [6.07, 6.45) is 4.93. The number of allylic oxidation sites excluding steroid dienone is 1. The summed E-state index contributed by atoms with van der Waals surface area (Å²) in [5.41, 5.74) is 4.96. The lowest BCUT2D eigenvalue weighted by Crippen LogP contribution is -2.47. The van der Waals surface area contributed by atoms with E-state index < -0.39 is 5.54 Å². The SMILES string of the molecule is CCC=C[C@](N)(CC)C(=O)OC(C)C. The van der Waals surface area contributed by atoms with E-state index in [0.717, 1.165) is 6.42 Å². The lowest BCUT2D eigenvalue weighted by atomic mass is 9.97. The average Bonchev–Trinajstić information content (AvgIpc) is 2.13. The second kappa shape index (κ2) is 5.81. The van der Waals surface area contributed by atoms with E-state index in [1.165, 1.54) is 0 Å². The first kappa shape index (κ1) is 13.2. The molecule has 3 heteroatoms. The maximum atomic E-state index is 11.6. The van der Waals surface area contributed by atoms with Gasteiger partial charge in [-0.1, -0.05) is 26.0 Å². The largest absolute Gasteiger partial charge is 0.461 e. The molecule has 0 saturated carbocycles. The van der Waals surface area contributed by atoms with Crippen LogP contribution in [0.4, 0.5) is 0 Å². The van der Waals surface area contributed by atoms with Crippen LogP contribution in [0.15, 0.2) is 12.2 Å². The molecule has 0 aliphatic rings. The lowest BCUT2D eigenvalue weighted by molar-refractivity contribution is -0.152. The van der Waals surface area contributed by atoms with Crippen LogP contribution in [0, 0.1) is 0 Å². The maximum absolute atomic E-state index is 11.6. The van der Waals surface area contributed by atoms with E-state index in [0.29, 0.717) is 6.42 Å². The third-order valence-corrected chi connectivity index (χ3v) is 1.96. The van der Waals surface area contributed by atoms with Gasteiger partial charge < -0.3 is 10.5 Å². The molecule has 0 aromatic rings. The van der Waals surface area contributed by atoms with Gasteiger partial charge >= 0.3 is 5.97 Å². The van der Waals surface area contributed by atoms with Crippen molar-refractivity contribution in [2.75, 3.05) is 0 Å². The van der Waals surface area contributed by atoms with E-state index >= 15 is 0 Å². The zero-order valence-electron chi connectivity index (χ0n) is 9.54. The molecule has 0 unspecified atom stereocenters. The number of rotatable bonds is 5. The fraction of sp³-hybridized carbons (Fsp3) is 0.727. The van der Waals surface area contributed by atoms with E-state index in [4.69, 9.17) is 10.5 Å². The monoisotopic (exact) mass is 199 g/mol. The van der Waals surface area contributed by atoms with Gasteiger partial charge in [0.15, 0.2) is 0 Å². The quantitative estimate of drug-likeness (QED) is 0.544. The third kappa shape index (κ3) is 3.92. The molecule has 0 saturated heterocycles. The second-order valence-electron chi connectivity index (χ2n) is 3.66. The first-order chi connectivity index (χ1) is 6.46. The third-order valence-electron chi connectivity index (χ3n) is 1.96. The summed E-state index contributed by atoms with van der Waals surface area (Å²) in [6.45, 7) is 7.51. The van der Waals surface area contributed by atoms with Gasteiger partial charge in [-0.05, 0) is 26.7 Å². The Kier molecular flexibility index (Phi) is 5.46. The van der Waals surface area contributed by atoms with E-state index in [-0.39, 0.29) is 12.1 Å².